The number of hydrogen-bond acceptors (Lipinski definition) is 3. The summed E-state index contributed by atoms with van der Waals surface area (Å²) in [5, 5.41) is 3.92. The van der Waals surface area contributed by atoms with E-state index in [-0.39, 0.29) is 5.04 Å². The molecule has 23 heavy (non-hydrogen) atoms. The summed E-state index contributed by atoms with van der Waals surface area (Å²) in [4.78, 5) is 4.66. The molecule has 1 aromatic heterocycles. The van der Waals surface area contributed by atoms with Crippen molar-refractivity contribution in [3.8, 4) is 0 Å². The van der Waals surface area contributed by atoms with Crippen LogP contribution in [0.25, 0.3) is 0 Å². The minimum Gasteiger partial charge on any atom is -0.411 e. The van der Waals surface area contributed by atoms with Crippen molar-refractivity contribution >= 4 is 8.32 Å². The summed E-state index contributed by atoms with van der Waals surface area (Å²) in [5.41, 5.74) is 2.38. The van der Waals surface area contributed by atoms with Crippen LogP contribution in [0.4, 0.5) is 0 Å². The van der Waals surface area contributed by atoms with Crippen molar-refractivity contribution in [3.63, 3.8) is 0 Å². The molecule has 0 bridgehead atoms. The SMILES string of the molecule is CCCNC(c1ccc(CO[Si](C)(C)C(C)(C)C)nc1)C1CC1. The van der Waals surface area contributed by atoms with Gasteiger partial charge in [-0.3, -0.25) is 4.98 Å². The zero-order valence-corrected chi connectivity index (χ0v) is 16.8. The number of rotatable bonds is 8. The van der Waals surface area contributed by atoms with Crippen molar-refractivity contribution in [3.05, 3.63) is 29.6 Å². The number of pyridine rings is 1. The summed E-state index contributed by atoms with van der Waals surface area (Å²) < 4.78 is 6.27. The summed E-state index contributed by atoms with van der Waals surface area (Å²) in [6.45, 7) is 15.3. The van der Waals surface area contributed by atoms with E-state index in [2.05, 4.69) is 69.4 Å². The van der Waals surface area contributed by atoms with Crippen LogP contribution in [0.3, 0.4) is 0 Å². The van der Waals surface area contributed by atoms with Crippen molar-refractivity contribution in [1.29, 1.82) is 0 Å². The van der Waals surface area contributed by atoms with Crippen molar-refractivity contribution in [2.75, 3.05) is 6.54 Å². The van der Waals surface area contributed by atoms with Gasteiger partial charge in [0.05, 0.1) is 12.3 Å². The zero-order chi connectivity index (χ0) is 17.1. The van der Waals surface area contributed by atoms with Gasteiger partial charge in [-0.25, -0.2) is 0 Å². The normalized spacial score (nSPS) is 17.3. The molecule has 3 nitrogen and oxygen atoms in total. The molecule has 4 heteroatoms. The minimum atomic E-state index is -1.70. The number of hydrogen-bond donors (Lipinski definition) is 1. The van der Waals surface area contributed by atoms with Crippen molar-refractivity contribution in [2.24, 2.45) is 5.92 Å². The second-order valence-corrected chi connectivity index (χ2v) is 13.2. The lowest BCUT2D eigenvalue weighted by Gasteiger charge is -2.36. The van der Waals surface area contributed by atoms with Gasteiger partial charge in [0.2, 0.25) is 0 Å². The van der Waals surface area contributed by atoms with Gasteiger partial charge in [-0.05, 0) is 61.5 Å². The summed E-state index contributed by atoms with van der Waals surface area (Å²) in [5.74, 6) is 0.803. The fourth-order valence-electron chi connectivity index (χ4n) is 2.46. The van der Waals surface area contributed by atoms with Crippen LogP contribution < -0.4 is 5.32 Å². The third-order valence-corrected chi connectivity index (χ3v) is 9.78. The fourth-order valence-corrected chi connectivity index (χ4v) is 3.40. The molecule has 1 aliphatic rings. The number of aromatic nitrogens is 1. The van der Waals surface area contributed by atoms with Crippen LogP contribution in [0.2, 0.25) is 18.1 Å². The van der Waals surface area contributed by atoms with Crippen molar-refractivity contribution in [2.45, 2.75) is 77.7 Å². The van der Waals surface area contributed by atoms with Gasteiger partial charge >= 0.3 is 0 Å². The highest BCUT2D eigenvalue weighted by atomic mass is 28.4. The van der Waals surface area contributed by atoms with E-state index in [1.54, 1.807) is 0 Å². The van der Waals surface area contributed by atoms with Crippen LogP contribution in [0.5, 0.6) is 0 Å². The molecule has 0 radical (unpaired) electrons. The Morgan fingerprint density at radius 1 is 1.30 bits per heavy atom. The second-order valence-electron chi connectivity index (χ2n) is 8.40. The monoisotopic (exact) mass is 334 g/mol. The second kappa shape index (κ2) is 7.45. The van der Waals surface area contributed by atoms with Crippen molar-refractivity contribution in [1.82, 2.24) is 10.3 Å². The summed E-state index contributed by atoms with van der Waals surface area (Å²) in [6.07, 6.45) is 5.92. The van der Waals surface area contributed by atoms with Crippen LogP contribution in [-0.2, 0) is 11.0 Å². The van der Waals surface area contributed by atoms with E-state index in [4.69, 9.17) is 4.43 Å². The highest BCUT2D eigenvalue weighted by molar-refractivity contribution is 6.74. The molecule has 1 heterocycles. The minimum absolute atomic E-state index is 0.244. The number of nitrogens with zero attached hydrogens (tertiary/aromatic N) is 1. The van der Waals surface area contributed by atoms with E-state index in [9.17, 15) is 0 Å². The van der Waals surface area contributed by atoms with Crippen molar-refractivity contribution < 1.29 is 4.43 Å². The molecule has 0 amide bonds. The third-order valence-electron chi connectivity index (χ3n) is 5.30. The van der Waals surface area contributed by atoms with E-state index in [1.165, 1.54) is 24.8 Å². The van der Waals surface area contributed by atoms with Crippen LogP contribution in [0.1, 0.15) is 64.3 Å². The van der Waals surface area contributed by atoms with Gasteiger partial charge in [0.1, 0.15) is 0 Å². The molecule has 1 fully saturated rings. The molecular formula is C19H34N2OSi. The lowest BCUT2D eigenvalue weighted by atomic mass is 10.0. The first-order chi connectivity index (χ1) is 10.7. The summed E-state index contributed by atoms with van der Waals surface area (Å²) in [7, 11) is -1.70. The molecule has 0 saturated heterocycles. The van der Waals surface area contributed by atoms with Gasteiger partial charge in [0.15, 0.2) is 8.32 Å². The Hall–Kier alpha value is -0.713. The lowest BCUT2D eigenvalue weighted by Crippen LogP contribution is -2.40. The first kappa shape index (κ1) is 18.6. The molecule has 1 aliphatic carbocycles. The quantitative estimate of drug-likeness (QED) is 0.675. The van der Waals surface area contributed by atoms with Crippen LogP contribution >= 0.6 is 0 Å². The first-order valence-electron chi connectivity index (χ1n) is 9.07. The number of nitrogens with one attached hydrogen (secondary N) is 1. The maximum absolute atomic E-state index is 6.27. The van der Waals surface area contributed by atoms with Gasteiger partial charge in [-0.1, -0.05) is 33.8 Å². The average Bonchev–Trinajstić information content (AvgIpc) is 3.30. The summed E-state index contributed by atoms with van der Waals surface area (Å²) >= 11 is 0. The van der Waals surface area contributed by atoms with Crippen LogP contribution in [0.15, 0.2) is 18.3 Å². The largest absolute Gasteiger partial charge is 0.411 e. The average molecular weight is 335 g/mol. The Labute approximate surface area is 143 Å². The van der Waals surface area contributed by atoms with Crippen LogP contribution in [0, 0.1) is 5.92 Å². The van der Waals surface area contributed by atoms with Crippen LogP contribution in [-0.4, -0.2) is 19.8 Å². The first-order valence-corrected chi connectivity index (χ1v) is 12.0. The standard InChI is InChI=1S/C19H34N2OSi/c1-7-12-20-18(15-8-9-15)16-10-11-17(21-13-16)14-22-23(5,6)19(2,3)4/h10-11,13,15,18,20H,7-9,12,14H2,1-6H3. The molecule has 1 atom stereocenters. The molecule has 2 rings (SSSR count). The third kappa shape index (κ3) is 5.13. The fraction of sp³-hybridized carbons (Fsp3) is 0.737. The molecule has 1 saturated carbocycles. The topological polar surface area (TPSA) is 34.1 Å². The van der Waals surface area contributed by atoms with Gasteiger partial charge in [-0.15, -0.1) is 0 Å². The Morgan fingerprint density at radius 3 is 2.48 bits per heavy atom. The molecule has 130 valence electrons. The molecular weight excluding hydrogens is 300 g/mol. The predicted molar refractivity (Wildman–Crippen MR) is 100.0 cm³/mol. The van der Waals surface area contributed by atoms with E-state index < -0.39 is 8.32 Å². The highest BCUT2D eigenvalue weighted by Gasteiger charge is 2.37. The highest BCUT2D eigenvalue weighted by Crippen LogP contribution is 2.41. The molecule has 1 aromatic rings. The Morgan fingerprint density at radius 2 is 2.00 bits per heavy atom. The Bertz CT molecular complexity index is 489. The predicted octanol–water partition coefficient (Wildman–Crippen LogP) is 5.05. The maximum atomic E-state index is 6.27. The molecule has 0 spiro atoms. The van der Waals surface area contributed by atoms with E-state index >= 15 is 0 Å². The van der Waals surface area contributed by atoms with Gasteiger partial charge in [0.25, 0.3) is 0 Å². The van der Waals surface area contributed by atoms with Gasteiger partial charge in [0, 0.05) is 12.2 Å². The smallest absolute Gasteiger partial charge is 0.192 e. The molecule has 0 aromatic carbocycles. The Kier molecular flexibility index (Phi) is 6.03. The maximum Gasteiger partial charge on any atom is 0.192 e. The molecule has 0 aliphatic heterocycles. The molecule has 1 unspecified atom stereocenters. The lowest BCUT2D eigenvalue weighted by molar-refractivity contribution is 0.272. The zero-order valence-electron chi connectivity index (χ0n) is 15.8. The van der Waals surface area contributed by atoms with E-state index in [0.29, 0.717) is 12.6 Å². The molecule has 1 N–H and O–H groups in total. The van der Waals surface area contributed by atoms with E-state index in [0.717, 1.165) is 18.2 Å². The van der Waals surface area contributed by atoms with E-state index in [1.807, 2.05) is 0 Å². The summed E-state index contributed by atoms with van der Waals surface area (Å²) in [6, 6.07) is 4.87. The van der Waals surface area contributed by atoms with Gasteiger partial charge in [-0.2, -0.15) is 0 Å². The Balaban J connectivity index is 1.96. The van der Waals surface area contributed by atoms with Gasteiger partial charge < -0.3 is 9.74 Å².